The number of hydrogen-bond donors (Lipinski definition) is 2. The highest BCUT2D eigenvalue weighted by Gasteiger charge is 2.52. The number of fused-ring (bicyclic) bond motifs is 4. The molecule has 48 heavy (non-hydrogen) atoms. The lowest BCUT2D eigenvalue weighted by Gasteiger charge is -2.36. The molecule has 2 N–H and O–H groups in total. The van der Waals surface area contributed by atoms with Gasteiger partial charge in [-0.05, 0) is 62.2 Å². The van der Waals surface area contributed by atoms with Gasteiger partial charge in [-0.25, -0.2) is 13.8 Å². The van der Waals surface area contributed by atoms with Gasteiger partial charge < -0.3 is 20.1 Å². The second kappa shape index (κ2) is 11.4. The van der Waals surface area contributed by atoms with Crippen molar-refractivity contribution < 1.29 is 36.5 Å². The van der Waals surface area contributed by atoms with Crippen molar-refractivity contribution >= 4 is 27.5 Å². The van der Waals surface area contributed by atoms with E-state index in [4.69, 9.17) is 21.1 Å². The number of aromatic hydroxyl groups is 1. The van der Waals surface area contributed by atoms with Crippen molar-refractivity contribution in [1.82, 2.24) is 25.2 Å². The monoisotopic (exact) mass is 666 g/mol. The molecule has 3 atom stereocenters. The van der Waals surface area contributed by atoms with E-state index in [1.54, 1.807) is 0 Å². The second-order valence-corrected chi connectivity index (χ2v) is 13.0. The number of alkyl halides is 3. The van der Waals surface area contributed by atoms with Crippen LogP contribution in [0.2, 0.25) is 0 Å². The maximum Gasteiger partial charge on any atom is 0.522 e. The molecule has 8 rings (SSSR count). The molecule has 4 aliphatic heterocycles. The van der Waals surface area contributed by atoms with Crippen molar-refractivity contribution in [3.05, 3.63) is 47.2 Å². The molecule has 0 amide bonds. The van der Waals surface area contributed by atoms with Crippen molar-refractivity contribution in [3.8, 4) is 35.4 Å². The van der Waals surface area contributed by atoms with Crippen LogP contribution >= 0.6 is 0 Å². The Morgan fingerprint density at radius 1 is 1.12 bits per heavy atom. The number of piperazine rings is 1. The summed E-state index contributed by atoms with van der Waals surface area (Å²) >= 11 is 0. The molecule has 4 aromatic rings. The summed E-state index contributed by atoms with van der Waals surface area (Å²) in [7, 11) is 0. The number of halogens is 5. The summed E-state index contributed by atoms with van der Waals surface area (Å²) in [5.74, 6) is 1.15. The number of benzene rings is 2. The third-order valence-electron chi connectivity index (χ3n) is 10.2. The standard InChI is InChI=1S/C34H31F5N6O3/c1-2-22-24(35)6-4-18-12-20(46)13-23(26(18)22)29-28(36)30-27-25(41-29)7-5-19-15-40-9-11-45(19)31(27)43-32(42-30)47-17-33-8-3-10-44(33)16-21(14-33)48-34(37,38)39/h1,4,6,12-13,19,21,40,46H,3,5,7-11,14-17H2/t19-,21+,33?/m1/s1. The first-order chi connectivity index (χ1) is 23.0. The molecular weight excluding hydrogens is 635 g/mol. The van der Waals surface area contributed by atoms with Crippen LogP contribution in [-0.2, 0) is 11.2 Å². The second-order valence-electron chi connectivity index (χ2n) is 13.0. The molecule has 0 spiro atoms. The highest BCUT2D eigenvalue weighted by Crippen LogP contribution is 2.44. The van der Waals surface area contributed by atoms with Gasteiger partial charge in [-0.3, -0.25) is 9.64 Å². The summed E-state index contributed by atoms with van der Waals surface area (Å²) in [6.07, 6.45) is 2.59. The fraction of sp³-hybridized carbons (Fsp3) is 0.441. The van der Waals surface area contributed by atoms with Crippen LogP contribution in [0.25, 0.3) is 32.9 Å². The van der Waals surface area contributed by atoms with Crippen LogP contribution in [0.4, 0.5) is 27.8 Å². The number of aromatic nitrogens is 3. The number of pyridine rings is 1. The van der Waals surface area contributed by atoms with Gasteiger partial charge in [0.15, 0.2) is 5.82 Å². The Hall–Kier alpha value is -4.32. The molecule has 0 radical (unpaired) electrons. The smallest absolute Gasteiger partial charge is 0.508 e. The summed E-state index contributed by atoms with van der Waals surface area (Å²) in [6.45, 7) is 2.67. The fourth-order valence-electron chi connectivity index (χ4n) is 8.12. The Kier molecular flexibility index (Phi) is 7.35. The number of terminal acetylenes is 1. The lowest BCUT2D eigenvalue weighted by molar-refractivity contribution is -0.340. The number of anilines is 1. The minimum absolute atomic E-state index is 0.00489. The van der Waals surface area contributed by atoms with Crippen LogP contribution in [0.5, 0.6) is 11.8 Å². The highest BCUT2D eigenvalue weighted by molar-refractivity contribution is 6.03. The molecule has 0 saturated carbocycles. The molecule has 2 aromatic heterocycles. The zero-order valence-corrected chi connectivity index (χ0v) is 25.7. The molecule has 14 heteroatoms. The number of ether oxygens (including phenoxy) is 2. The van der Waals surface area contributed by atoms with E-state index < -0.39 is 29.6 Å². The quantitative estimate of drug-likeness (QED) is 0.224. The Morgan fingerprint density at radius 2 is 1.98 bits per heavy atom. The van der Waals surface area contributed by atoms with Crippen molar-refractivity contribution in [2.45, 2.75) is 56.2 Å². The van der Waals surface area contributed by atoms with Gasteiger partial charge in [0.2, 0.25) is 0 Å². The van der Waals surface area contributed by atoms with E-state index in [1.165, 1.54) is 24.3 Å². The average Bonchev–Trinajstić information content (AvgIpc) is 3.53. The molecule has 4 aliphatic rings. The number of nitrogens with zero attached hydrogens (tertiary/aromatic N) is 5. The van der Waals surface area contributed by atoms with Crippen LogP contribution < -0.4 is 15.0 Å². The van der Waals surface area contributed by atoms with Crippen LogP contribution in [-0.4, -0.2) is 88.3 Å². The van der Waals surface area contributed by atoms with Gasteiger partial charge in [0.25, 0.3) is 0 Å². The van der Waals surface area contributed by atoms with E-state index in [1.807, 2.05) is 4.90 Å². The van der Waals surface area contributed by atoms with Crippen LogP contribution in [0.3, 0.4) is 0 Å². The lowest BCUT2D eigenvalue weighted by Crippen LogP contribution is -2.51. The predicted octanol–water partition coefficient (Wildman–Crippen LogP) is 5.06. The van der Waals surface area contributed by atoms with Crippen LogP contribution in [0, 0.1) is 24.0 Å². The number of hydrogen-bond acceptors (Lipinski definition) is 9. The van der Waals surface area contributed by atoms with Crippen LogP contribution in [0.1, 0.15) is 36.9 Å². The maximum atomic E-state index is 17.0. The Balaban J connectivity index is 1.27. The molecule has 9 nitrogen and oxygen atoms in total. The number of rotatable bonds is 5. The van der Waals surface area contributed by atoms with Gasteiger partial charge in [-0.15, -0.1) is 19.6 Å². The molecule has 250 valence electrons. The highest BCUT2D eigenvalue weighted by atomic mass is 19.4. The Bertz CT molecular complexity index is 2000. The summed E-state index contributed by atoms with van der Waals surface area (Å²) in [6, 6.07) is 5.29. The molecule has 6 heterocycles. The van der Waals surface area contributed by atoms with Gasteiger partial charge in [-0.2, -0.15) is 9.97 Å². The summed E-state index contributed by atoms with van der Waals surface area (Å²) in [4.78, 5) is 18.2. The number of aryl methyl sites for hydroxylation is 1. The summed E-state index contributed by atoms with van der Waals surface area (Å²) < 4.78 is 81.7. The molecule has 3 saturated heterocycles. The van der Waals surface area contributed by atoms with Crippen LogP contribution in [0.15, 0.2) is 24.3 Å². The van der Waals surface area contributed by atoms with Crippen molar-refractivity contribution in [2.24, 2.45) is 0 Å². The van der Waals surface area contributed by atoms with Crippen molar-refractivity contribution in [2.75, 3.05) is 44.2 Å². The molecular formula is C34H31F5N6O3. The van der Waals surface area contributed by atoms with Gasteiger partial charge in [0.05, 0.1) is 28.3 Å². The topological polar surface area (TPSA) is 95.9 Å². The summed E-state index contributed by atoms with van der Waals surface area (Å²) in [5.41, 5.74) is -0.358. The first-order valence-corrected chi connectivity index (χ1v) is 16.0. The SMILES string of the molecule is C#Cc1c(F)ccc2cc(O)cc(-c3nc4c5c(nc(OCC67CCCN6C[C@@H](OC(F)(F)F)C7)nc5c3F)N3CCNC[C@H]3CC4)c12. The van der Waals surface area contributed by atoms with E-state index in [2.05, 4.69) is 25.9 Å². The maximum absolute atomic E-state index is 17.0. The van der Waals surface area contributed by atoms with E-state index in [-0.39, 0.29) is 65.1 Å². The first kappa shape index (κ1) is 31.0. The average molecular weight is 667 g/mol. The summed E-state index contributed by atoms with van der Waals surface area (Å²) in [5, 5.41) is 15.1. The van der Waals surface area contributed by atoms with Gasteiger partial charge in [-0.1, -0.05) is 12.0 Å². The van der Waals surface area contributed by atoms with Crippen molar-refractivity contribution in [3.63, 3.8) is 0 Å². The molecule has 3 fully saturated rings. The number of phenols is 1. The molecule has 0 bridgehead atoms. The molecule has 2 aromatic carbocycles. The minimum Gasteiger partial charge on any atom is -0.508 e. The van der Waals surface area contributed by atoms with Gasteiger partial charge in [0.1, 0.15) is 35.2 Å². The number of phenolic OH excluding ortho intramolecular Hbond substituents is 1. The first-order valence-electron chi connectivity index (χ1n) is 16.0. The Morgan fingerprint density at radius 3 is 2.79 bits per heavy atom. The third-order valence-corrected chi connectivity index (χ3v) is 10.2. The third kappa shape index (κ3) is 5.15. The lowest BCUT2D eigenvalue weighted by atomic mass is 9.94. The van der Waals surface area contributed by atoms with E-state index >= 15 is 4.39 Å². The molecule has 1 unspecified atom stereocenters. The predicted molar refractivity (Wildman–Crippen MR) is 167 cm³/mol. The number of nitrogens with one attached hydrogen (secondary N) is 1. The van der Waals surface area contributed by atoms with Gasteiger partial charge in [0, 0.05) is 43.2 Å². The van der Waals surface area contributed by atoms with E-state index in [9.17, 15) is 22.7 Å². The largest absolute Gasteiger partial charge is 0.522 e. The normalized spacial score (nSPS) is 24.0. The van der Waals surface area contributed by atoms with Gasteiger partial charge >= 0.3 is 12.4 Å². The van der Waals surface area contributed by atoms with Crippen molar-refractivity contribution in [1.29, 1.82) is 0 Å². The van der Waals surface area contributed by atoms with E-state index in [0.29, 0.717) is 67.7 Å². The minimum atomic E-state index is -4.75. The molecule has 0 aliphatic carbocycles. The Labute approximate surface area is 272 Å². The van der Waals surface area contributed by atoms with E-state index in [0.717, 1.165) is 6.42 Å². The zero-order valence-electron chi connectivity index (χ0n) is 25.7. The fourth-order valence-corrected chi connectivity index (χ4v) is 8.12. The zero-order chi connectivity index (χ0) is 33.4.